The molecule has 1 rings (SSSR count). The van der Waals surface area contributed by atoms with Gasteiger partial charge in [0.05, 0.1) is 0 Å². The first-order chi connectivity index (χ1) is 7.61. The monoisotopic (exact) mass is 221 g/mol. The number of hydrogen-bond acceptors (Lipinski definition) is 2. The van der Waals surface area contributed by atoms with Crippen LogP contribution < -0.4 is 4.74 Å². The van der Waals surface area contributed by atoms with Gasteiger partial charge in [-0.3, -0.25) is 0 Å². The summed E-state index contributed by atoms with van der Waals surface area (Å²) in [4.78, 5) is 2.34. The lowest BCUT2D eigenvalue weighted by atomic mass is 10.1. The van der Waals surface area contributed by atoms with Gasteiger partial charge in [0.25, 0.3) is 0 Å². The van der Waals surface area contributed by atoms with E-state index in [1.165, 1.54) is 0 Å². The first-order valence-corrected chi connectivity index (χ1v) is 5.99. The second-order valence-corrected chi connectivity index (χ2v) is 4.63. The zero-order valence-electron chi connectivity index (χ0n) is 10.8. The van der Waals surface area contributed by atoms with Crippen molar-refractivity contribution in [3.05, 3.63) is 30.3 Å². The molecule has 0 amide bonds. The van der Waals surface area contributed by atoms with Crippen LogP contribution in [0.5, 0.6) is 5.75 Å². The van der Waals surface area contributed by atoms with Gasteiger partial charge in [-0.25, -0.2) is 0 Å². The average molecular weight is 221 g/mol. The van der Waals surface area contributed by atoms with Gasteiger partial charge in [0, 0.05) is 12.6 Å². The predicted molar refractivity (Wildman–Crippen MR) is 68.9 cm³/mol. The Hall–Kier alpha value is -1.02. The Bertz CT molecular complexity index is 284. The highest BCUT2D eigenvalue weighted by Crippen LogP contribution is 2.10. The zero-order valence-corrected chi connectivity index (χ0v) is 10.8. The molecule has 2 heteroatoms. The normalized spacial score (nSPS) is 13.1. The van der Waals surface area contributed by atoms with Gasteiger partial charge in [0.2, 0.25) is 0 Å². The van der Waals surface area contributed by atoms with Crippen LogP contribution in [0, 0.1) is 5.92 Å². The standard InChI is InChI=1S/C14H23NO/c1-12(2)13(3)15(4)10-11-16-14-8-6-5-7-9-14/h5-9,12-13H,10-11H2,1-4H3/t13-/m0/s1. The Labute approximate surface area is 99.2 Å². The van der Waals surface area contributed by atoms with Gasteiger partial charge in [-0.2, -0.15) is 0 Å². The summed E-state index contributed by atoms with van der Waals surface area (Å²) in [6, 6.07) is 10.6. The number of nitrogens with zero attached hydrogens (tertiary/aromatic N) is 1. The summed E-state index contributed by atoms with van der Waals surface area (Å²) in [5.41, 5.74) is 0. The summed E-state index contributed by atoms with van der Waals surface area (Å²) >= 11 is 0. The first-order valence-electron chi connectivity index (χ1n) is 5.99. The van der Waals surface area contributed by atoms with Crippen molar-refractivity contribution < 1.29 is 4.74 Å². The van der Waals surface area contributed by atoms with Crippen LogP contribution >= 0.6 is 0 Å². The van der Waals surface area contributed by atoms with Crippen LogP contribution in [0.3, 0.4) is 0 Å². The van der Waals surface area contributed by atoms with Crippen LogP contribution in [0.25, 0.3) is 0 Å². The fraction of sp³-hybridized carbons (Fsp3) is 0.571. The van der Waals surface area contributed by atoms with Gasteiger partial charge in [0.15, 0.2) is 0 Å². The molecule has 0 aliphatic heterocycles. The molecule has 16 heavy (non-hydrogen) atoms. The van der Waals surface area contributed by atoms with Gasteiger partial charge < -0.3 is 9.64 Å². The second-order valence-electron chi connectivity index (χ2n) is 4.63. The second kappa shape index (κ2) is 6.54. The maximum Gasteiger partial charge on any atom is 0.119 e. The van der Waals surface area contributed by atoms with Crippen molar-refractivity contribution in [3.63, 3.8) is 0 Å². The first kappa shape index (κ1) is 13.0. The van der Waals surface area contributed by atoms with Gasteiger partial charge in [-0.1, -0.05) is 32.0 Å². The molecular formula is C14H23NO. The molecule has 0 saturated carbocycles. The van der Waals surface area contributed by atoms with Crippen LogP contribution in [0.1, 0.15) is 20.8 Å². The molecule has 0 heterocycles. The SMILES string of the molecule is CC(C)[C@H](C)N(C)CCOc1ccccc1. The summed E-state index contributed by atoms with van der Waals surface area (Å²) in [5, 5.41) is 0. The van der Waals surface area contributed by atoms with Crippen LogP contribution in [-0.2, 0) is 0 Å². The Balaban J connectivity index is 2.25. The van der Waals surface area contributed by atoms with Gasteiger partial charge >= 0.3 is 0 Å². The van der Waals surface area contributed by atoms with Crippen LogP contribution in [0.15, 0.2) is 30.3 Å². The van der Waals surface area contributed by atoms with Crippen molar-refractivity contribution in [2.45, 2.75) is 26.8 Å². The van der Waals surface area contributed by atoms with E-state index in [0.29, 0.717) is 12.0 Å². The lowest BCUT2D eigenvalue weighted by Crippen LogP contribution is -2.36. The molecule has 0 fully saturated rings. The van der Waals surface area contributed by atoms with E-state index in [-0.39, 0.29) is 0 Å². The Morgan fingerprint density at radius 3 is 2.31 bits per heavy atom. The summed E-state index contributed by atoms with van der Waals surface area (Å²) in [5.74, 6) is 1.63. The maximum absolute atomic E-state index is 5.66. The average Bonchev–Trinajstić information content (AvgIpc) is 2.29. The highest BCUT2D eigenvalue weighted by Gasteiger charge is 2.12. The van der Waals surface area contributed by atoms with Crippen molar-refractivity contribution in [1.29, 1.82) is 0 Å². The number of rotatable bonds is 6. The van der Waals surface area contributed by atoms with Gasteiger partial charge in [0.1, 0.15) is 12.4 Å². The van der Waals surface area contributed by atoms with Crippen molar-refractivity contribution in [1.82, 2.24) is 4.90 Å². The van der Waals surface area contributed by atoms with Gasteiger partial charge in [-0.05, 0) is 32.0 Å². The molecule has 0 aromatic heterocycles. The van der Waals surface area contributed by atoms with Crippen LogP contribution in [-0.4, -0.2) is 31.1 Å². The number of ether oxygens (including phenoxy) is 1. The fourth-order valence-electron chi connectivity index (χ4n) is 1.54. The molecule has 1 aromatic rings. The highest BCUT2D eigenvalue weighted by atomic mass is 16.5. The van der Waals surface area contributed by atoms with E-state index < -0.39 is 0 Å². The molecule has 0 saturated heterocycles. The quantitative estimate of drug-likeness (QED) is 0.732. The van der Waals surface area contributed by atoms with E-state index in [0.717, 1.165) is 18.9 Å². The van der Waals surface area contributed by atoms with Crippen molar-refractivity contribution >= 4 is 0 Å². The lowest BCUT2D eigenvalue weighted by Gasteiger charge is -2.27. The molecule has 0 spiro atoms. The molecule has 0 unspecified atom stereocenters. The molecule has 0 radical (unpaired) electrons. The van der Waals surface area contributed by atoms with Crippen molar-refractivity contribution in [2.24, 2.45) is 5.92 Å². The van der Waals surface area contributed by atoms with Crippen LogP contribution in [0.4, 0.5) is 0 Å². The number of para-hydroxylation sites is 1. The molecule has 0 aliphatic rings. The third kappa shape index (κ3) is 4.23. The van der Waals surface area contributed by atoms with E-state index in [1.54, 1.807) is 0 Å². The number of likely N-dealkylation sites (N-methyl/N-ethyl adjacent to an activating group) is 1. The van der Waals surface area contributed by atoms with E-state index in [1.807, 2.05) is 30.3 Å². The number of benzene rings is 1. The Morgan fingerprint density at radius 2 is 1.75 bits per heavy atom. The minimum atomic E-state index is 0.597. The maximum atomic E-state index is 5.66. The fourth-order valence-corrected chi connectivity index (χ4v) is 1.54. The summed E-state index contributed by atoms with van der Waals surface area (Å²) in [7, 11) is 2.15. The third-order valence-electron chi connectivity index (χ3n) is 3.12. The predicted octanol–water partition coefficient (Wildman–Crippen LogP) is 3.04. The zero-order chi connectivity index (χ0) is 12.0. The lowest BCUT2D eigenvalue weighted by molar-refractivity contribution is 0.170. The summed E-state index contributed by atoms with van der Waals surface area (Å²) in [6.45, 7) is 8.47. The molecule has 0 N–H and O–H groups in total. The molecule has 1 aromatic carbocycles. The molecule has 1 atom stereocenters. The van der Waals surface area contributed by atoms with E-state index in [2.05, 4.69) is 32.7 Å². The van der Waals surface area contributed by atoms with Gasteiger partial charge in [-0.15, -0.1) is 0 Å². The molecule has 0 aliphatic carbocycles. The molecule has 0 bridgehead atoms. The summed E-state index contributed by atoms with van der Waals surface area (Å²) in [6.07, 6.45) is 0. The minimum Gasteiger partial charge on any atom is -0.492 e. The highest BCUT2D eigenvalue weighted by molar-refractivity contribution is 5.20. The summed E-state index contributed by atoms with van der Waals surface area (Å²) < 4.78 is 5.66. The molecular weight excluding hydrogens is 198 g/mol. The topological polar surface area (TPSA) is 12.5 Å². The smallest absolute Gasteiger partial charge is 0.119 e. The van der Waals surface area contributed by atoms with Crippen LogP contribution in [0.2, 0.25) is 0 Å². The Morgan fingerprint density at radius 1 is 1.12 bits per heavy atom. The van der Waals surface area contributed by atoms with E-state index >= 15 is 0 Å². The van der Waals surface area contributed by atoms with Crippen molar-refractivity contribution in [2.75, 3.05) is 20.2 Å². The van der Waals surface area contributed by atoms with E-state index in [9.17, 15) is 0 Å². The van der Waals surface area contributed by atoms with E-state index in [4.69, 9.17) is 4.74 Å². The number of hydrogen-bond donors (Lipinski definition) is 0. The Kier molecular flexibility index (Phi) is 5.33. The third-order valence-corrected chi connectivity index (χ3v) is 3.12. The minimum absolute atomic E-state index is 0.597. The van der Waals surface area contributed by atoms with Crippen molar-refractivity contribution in [3.8, 4) is 5.75 Å². The molecule has 90 valence electrons. The largest absolute Gasteiger partial charge is 0.492 e. The molecule has 2 nitrogen and oxygen atoms in total.